The fourth-order valence-corrected chi connectivity index (χ4v) is 3.20. The molecule has 0 unspecified atom stereocenters. The molecule has 1 aliphatic rings. The van der Waals surface area contributed by atoms with Crippen LogP contribution in [0, 0.1) is 0 Å². The van der Waals surface area contributed by atoms with E-state index in [9.17, 15) is 4.79 Å². The minimum Gasteiger partial charge on any atom is -0.289 e. The summed E-state index contributed by atoms with van der Waals surface area (Å²) in [6.45, 7) is 0. The van der Waals surface area contributed by atoms with Crippen molar-refractivity contribution in [2.75, 3.05) is 6.26 Å². The van der Waals surface area contributed by atoms with Gasteiger partial charge in [0.1, 0.15) is 5.35 Å². The highest BCUT2D eigenvalue weighted by Gasteiger charge is 2.10. The summed E-state index contributed by atoms with van der Waals surface area (Å²) in [5.74, 6) is 0.499. The van der Waals surface area contributed by atoms with Crippen LogP contribution in [-0.4, -0.2) is 25.8 Å². The minimum absolute atomic E-state index is 0.165. The number of aromatic amines is 1. The molecule has 0 saturated carbocycles. The molecule has 0 spiro atoms. The maximum Gasteiger partial charge on any atom is 0.276 e. The molecule has 4 rings (SSSR count). The first kappa shape index (κ1) is 14.3. The molecule has 0 bridgehead atoms. The highest BCUT2D eigenvalue weighted by Crippen LogP contribution is 2.14. The fraction of sp³-hybridized carbons (Fsp3) is 0.235. The van der Waals surface area contributed by atoms with Crippen LogP contribution in [0.2, 0.25) is 0 Å². The summed E-state index contributed by atoms with van der Waals surface area (Å²) in [7, 11) is 0. The number of aromatic nitrogens is 4. The van der Waals surface area contributed by atoms with Crippen molar-refractivity contribution in [3.05, 3.63) is 56.6 Å². The second-order valence-electron chi connectivity index (χ2n) is 5.53. The molecule has 2 aromatic heterocycles. The fourth-order valence-electron chi connectivity index (χ4n) is 2.79. The number of hydrogen-bond acceptors (Lipinski definition) is 4. The van der Waals surface area contributed by atoms with E-state index in [1.807, 2.05) is 36.6 Å². The predicted molar refractivity (Wildman–Crippen MR) is 92.1 cm³/mol. The largest absolute Gasteiger partial charge is 0.289 e. The molecule has 1 aromatic carbocycles. The lowest BCUT2D eigenvalue weighted by Gasteiger charge is -2.06. The van der Waals surface area contributed by atoms with Gasteiger partial charge in [0.15, 0.2) is 0 Å². The summed E-state index contributed by atoms with van der Waals surface area (Å²) in [6, 6.07) is 8.10. The van der Waals surface area contributed by atoms with Crippen molar-refractivity contribution < 1.29 is 0 Å². The Morgan fingerprint density at radius 2 is 2.13 bits per heavy atom. The van der Waals surface area contributed by atoms with Crippen LogP contribution in [0.5, 0.6) is 0 Å². The molecule has 0 aliphatic heterocycles. The zero-order chi connectivity index (χ0) is 15.8. The molecule has 6 heteroatoms. The summed E-state index contributed by atoms with van der Waals surface area (Å²) >= 11 is 1.69. The number of H-pyrrole nitrogens is 1. The number of imidazole rings is 1. The van der Waals surface area contributed by atoms with Gasteiger partial charge in [0.2, 0.25) is 5.78 Å². The molecule has 0 amide bonds. The van der Waals surface area contributed by atoms with E-state index in [0.717, 1.165) is 35.9 Å². The standard InChI is InChI=1S/C17H16N4OS/c1-23-12-8-6-11(7-9-12)10-15-16(22)19-17-18-13-4-2-3-5-14(13)20-21(15)17/h4,6-10H,2-3,5H2,1H3,(H,18,19,22)/b15-10+. The Bertz CT molecular complexity index is 1050. The molecule has 1 N–H and O–H groups in total. The Hall–Kier alpha value is -2.34. The van der Waals surface area contributed by atoms with Crippen LogP contribution >= 0.6 is 11.8 Å². The highest BCUT2D eigenvalue weighted by atomic mass is 32.2. The van der Waals surface area contributed by atoms with Gasteiger partial charge in [0.25, 0.3) is 5.56 Å². The lowest BCUT2D eigenvalue weighted by molar-refractivity contribution is 0.730. The van der Waals surface area contributed by atoms with Crippen molar-refractivity contribution in [3.63, 3.8) is 0 Å². The molecule has 3 aromatic rings. The highest BCUT2D eigenvalue weighted by molar-refractivity contribution is 7.98. The van der Waals surface area contributed by atoms with Gasteiger partial charge in [0, 0.05) is 4.90 Å². The van der Waals surface area contributed by atoms with E-state index in [4.69, 9.17) is 0 Å². The lowest BCUT2D eigenvalue weighted by atomic mass is 10.1. The van der Waals surface area contributed by atoms with Gasteiger partial charge in [-0.05, 0) is 49.3 Å². The maximum absolute atomic E-state index is 12.3. The Kier molecular flexibility index (Phi) is 3.53. The van der Waals surface area contributed by atoms with Crippen LogP contribution in [0.25, 0.3) is 17.9 Å². The van der Waals surface area contributed by atoms with Gasteiger partial charge < -0.3 is 0 Å². The van der Waals surface area contributed by atoms with Gasteiger partial charge in [-0.15, -0.1) is 11.8 Å². The summed E-state index contributed by atoms with van der Waals surface area (Å²) in [6.07, 6.45) is 8.98. The first-order valence-corrected chi connectivity index (χ1v) is 8.81. The molecule has 1 aliphatic carbocycles. The minimum atomic E-state index is -0.165. The van der Waals surface area contributed by atoms with Crippen LogP contribution in [0.15, 0.2) is 34.0 Å². The number of hydrogen-bond donors (Lipinski definition) is 1. The van der Waals surface area contributed by atoms with E-state index >= 15 is 0 Å². The molecule has 0 saturated heterocycles. The summed E-state index contributed by atoms with van der Waals surface area (Å²) in [5.41, 5.74) is 1.76. The van der Waals surface area contributed by atoms with Crippen molar-refractivity contribution in [1.82, 2.24) is 19.6 Å². The molecule has 116 valence electrons. The van der Waals surface area contributed by atoms with E-state index in [-0.39, 0.29) is 5.56 Å². The third-order valence-corrected chi connectivity index (χ3v) is 4.75. The topological polar surface area (TPSA) is 63.0 Å². The summed E-state index contributed by atoms with van der Waals surface area (Å²) < 4.78 is 1.63. The number of aryl methyl sites for hydroxylation is 1. The summed E-state index contributed by atoms with van der Waals surface area (Å²) in [5, 5.41) is 6.03. The number of fused-ring (bicyclic) bond motifs is 2. The molecular weight excluding hydrogens is 308 g/mol. The Labute approximate surface area is 136 Å². The predicted octanol–water partition coefficient (Wildman–Crippen LogP) is 1.09. The van der Waals surface area contributed by atoms with Crippen LogP contribution < -0.4 is 16.3 Å². The average molecular weight is 324 g/mol. The van der Waals surface area contributed by atoms with Crippen molar-refractivity contribution >= 4 is 29.7 Å². The molecule has 5 nitrogen and oxygen atoms in total. The number of thioether (sulfide) groups is 1. The number of nitrogens with one attached hydrogen (secondary N) is 1. The average Bonchev–Trinajstić information content (AvgIpc) is 2.88. The second-order valence-corrected chi connectivity index (χ2v) is 6.41. The van der Waals surface area contributed by atoms with Crippen molar-refractivity contribution in [3.8, 4) is 0 Å². The quantitative estimate of drug-likeness (QED) is 0.717. The zero-order valence-corrected chi connectivity index (χ0v) is 13.6. The van der Waals surface area contributed by atoms with Crippen molar-refractivity contribution in [2.45, 2.75) is 24.2 Å². The van der Waals surface area contributed by atoms with Crippen LogP contribution in [0.3, 0.4) is 0 Å². The SMILES string of the molecule is CSc1ccc(/C=c2\c(=O)[nH]c3nc4c(nn23)CCCC=4)cc1. The molecule has 0 fully saturated rings. The van der Waals surface area contributed by atoms with Gasteiger partial charge >= 0.3 is 0 Å². The van der Waals surface area contributed by atoms with Crippen molar-refractivity contribution in [1.29, 1.82) is 0 Å². The van der Waals surface area contributed by atoms with E-state index in [0.29, 0.717) is 11.1 Å². The Balaban J connectivity index is 1.93. The molecule has 2 heterocycles. The Morgan fingerprint density at radius 1 is 1.30 bits per heavy atom. The lowest BCUT2D eigenvalue weighted by Crippen LogP contribution is -2.30. The molecular formula is C17H16N4OS. The number of nitrogens with zero attached hydrogens (tertiary/aromatic N) is 3. The third kappa shape index (κ3) is 2.59. The monoisotopic (exact) mass is 324 g/mol. The Morgan fingerprint density at radius 3 is 2.91 bits per heavy atom. The normalized spacial score (nSPS) is 14.7. The molecule has 23 heavy (non-hydrogen) atoms. The number of rotatable bonds is 2. The second kappa shape index (κ2) is 5.70. The molecule has 0 radical (unpaired) electrons. The van der Waals surface area contributed by atoms with Crippen LogP contribution in [0.1, 0.15) is 24.1 Å². The molecule has 0 atom stereocenters. The van der Waals surface area contributed by atoms with Gasteiger partial charge in [0.05, 0.1) is 11.0 Å². The van der Waals surface area contributed by atoms with Crippen molar-refractivity contribution in [2.24, 2.45) is 0 Å². The van der Waals surface area contributed by atoms with E-state index < -0.39 is 0 Å². The van der Waals surface area contributed by atoms with Gasteiger partial charge in [-0.2, -0.15) is 9.61 Å². The number of benzene rings is 1. The maximum atomic E-state index is 12.3. The van der Waals surface area contributed by atoms with Gasteiger partial charge in [-0.25, -0.2) is 4.98 Å². The van der Waals surface area contributed by atoms with Crippen LogP contribution in [0.4, 0.5) is 0 Å². The van der Waals surface area contributed by atoms with E-state index in [1.54, 1.807) is 16.3 Å². The van der Waals surface area contributed by atoms with Crippen LogP contribution in [-0.2, 0) is 6.42 Å². The zero-order valence-electron chi connectivity index (χ0n) is 12.7. The van der Waals surface area contributed by atoms with E-state index in [1.165, 1.54) is 4.90 Å². The smallest absolute Gasteiger partial charge is 0.276 e. The van der Waals surface area contributed by atoms with Gasteiger partial charge in [-0.3, -0.25) is 9.78 Å². The first-order valence-electron chi connectivity index (χ1n) is 7.58. The first-order chi connectivity index (χ1) is 11.2. The summed E-state index contributed by atoms with van der Waals surface area (Å²) in [4.78, 5) is 20.8. The third-order valence-electron chi connectivity index (χ3n) is 4.00. The van der Waals surface area contributed by atoms with Gasteiger partial charge in [-0.1, -0.05) is 18.2 Å². The van der Waals surface area contributed by atoms with E-state index in [2.05, 4.69) is 21.1 Å².